The SMILES string of the molecule is Cc1nn(C)c(Sc2nccn2C)c1CNC(C)(C)C. The van der Waals surface area contributed by atoms with E-state index in [4.69, 9.17) is 0 Å². The average Bonchev–Trinajstić information content (AvgIpc) is 2.82. The maximum atomic E-state index is 4.54. The highest BCUT2D eigenvalue weighted by Crippen LogP contribution is 2.30. The van der Waals surface area contributed by atoms with Crippen molar-refractivity contribution in [3.8, 4) is 0 Å². The number of nitrogens with one attached hydrogen (secondary N) is 1. The topological polar surface area (TPSA) is 47.7 Å². The summed E-state index contributed by atoms with van der Waals surface area (Å²) in [6.07, 6.45) is 3.78. The Bertz CT molecular complexity index is 591. The third-order valence-corrected chi connectivity index (χ3v) is 4.33. The normalized spacial score (nSPS) is 12.1. The third-order valence-electron chi connectivity index (χ3n) is 3.05. The number of hydrogen-bond acceptors (Lipinski definition) is 4. The molecule has 20 heavy (non-hydrogen) atoms. The van der Waals surface area contributed by atoms with Crippen molar-refractivity contribution in [2.75, 3.05) is 0 Å². The van der Waals surface area contributed by atoms with Gasteiger partial charge in [-0.05, 0) is 39.5 Å². The first-order valence-electron chi connectivity index (χ1n) is 6.70. The van der Waals surface area contributed by atoms with Crippen molar-refractivity contribution >= 4 is 11.8 Å². The molecule has 6 heteroatoms. The van der Waals surface area contributed by atoms with Crippen LogP contribution >= 0.6 is 11.8 Å². The summed E-state index contributed by atoms with van der Waals surface area (Å²) in [5.41, 5.74) is 2.41. The van der Waals surface area contributed by atoms with Crippen molar-refractivity contribution in [1.29, 1.82) is 0 Å². The standard InChI is InChI=1S/C14H23N5S/c1-10-11(9-16-14(2,3)4)12(19(6)17-10)20-13-15-7-8-18(13)5/h7-8,16H,9H2,1-6H3. The predicted molar refractivity (Wildman–Crippen MR) is 81.9 cm³/mol. The van der Waals surface area contributed by atoms with Crippen LogP contribution in [0.1, 0.15) is 32.0 Å². The van der Waals surface area contributed by atoms with Gasteiger partial charge in [0, 0.05) is 44.1 Å². The Morgan fingerprint density at radius 3 is 2.55 bits per heavy atom. The van der Waals surface area contributed by atoms with Gasteiger partial charge in [0.25, 0.3) is 0 Å². The zero-order chi connectivity index (χ0) is 14.9. The molecule has 0 atom stereocenters. The summed E-state index contributed by atoms with van der Waals surface area (Å²) < 4.78 is 3.96. The monoisotopic (exact) mass is 293 g/mol. The van der Waals surface area contributed by atoms with E-state index in [1.807, 2.05) is 35.7 Å². The number of rotatable bonds is 4. The zero-order valence-electron chi connectivity index (χ0n) is 13.1. The van der Waals surface area contributed by atoms with E-state index in [0.29, 0.717) is 0 Å². The second-order valence-electron chi connectivity index (χ2n) is 6.02. The molecule has 0 aromatic carbocycles. The van der Waals surface area contributed by atoms with Gasteiger partial charge in [-0.3, -0.25) is 4.68 Å². The minimum absolute atomic E-state index is 0.0907. The van der Waals surface area contributed by atoms with Gasteiger partial charge in [-0.25, -0.2) is 4.98 Å². The van der Waals surface area contributed by atoms with E-state index in [1.165, 1.54) is 5.56 Å². The quantitative estimate of drug-likeness (QED) is 0.941. The molecule has 0 amide bonds. The summed E-state index contributed by atoms with van der Waals surface area (Å²) in [5, 5.41) is 10.2. The molecule has 0 aliphatic carbocycles. The van der Waals surface area contributed by atoms with Gasteiger partial charge in [-0.1, -0.05) is 0 Å². The Hall–Kier alpha value is -1.27. The van der Waals surface area contributed by atoms with E-state index in [9.17, 15) is 0 Å². The molecule has 2 aromatic heterocycles. The predicted octanol–water partition coefficient (Wildman–Crippen LogP) is 2.50. The molecule has 110 valence electrons. The van der Waals surface area contributed by atoms with Crippen LogP contribution in [-0.4, -0.2) is 24.9 Å². The van der Waals surface area contributed by atoms with Gasteiger partial charge in [0.05, 0.1) is 5.69 Å². The summed E-state index contributed by atoms with van der Waals surface area (Å²) in [7, 11) is 3.99. The van der Waals surface area contributed by atoms with E-state index in [1.54, 1.807) is 11.8 Å². The Labute approximate surface area is 124 Å². The van der Waals surface area contributed by atoms with Crippen molar-refractivity contribution in [1.82, 2.24) is 24.6 Å². The average molecular weight is 293 g/mol. The Morgan fingerprint density at radius 2 is 2.00 bits per heavy atom. The van der Waals surface area contributed by atoms with Gasteiger partial charge >= 0.3 is 0 Å². The van der Waals surface area contributed by atoms with Crippen LogP contribution in [0.3, 0.4) is 0 Å². The maximum Gasteiger partial charge on any atom is 0.174 e. The Balaban J connectivity index is 2.26. The van der Waals surface area contributed by atoms with Crippen LogP contribution in [0.4, 0.5) is 0 Å². The van der Waals surface area contributed by atoms with Crippen LogP contribution in [0, 0.1) is 6.92 Å². The summed E-state index contributed by atoms with van der Waals surface area (Å²) in [6.45, 7) is 9.39. The highest BCUT2D eigenvalue weighted by molar-refractivity contribution is 7.99. The molecule has 2 aromatic rings. The number of hydrogen-bond donors (Lipinski definition) is 1. The Morgan fingerprint density at radius 1 is 1.30 bits per heavy atom. The van der Waals surface area contributed by atoms with Gasteiger partial charge in [0.15, 0.2) is 5.16 Å². The fourth-order valence-corrected chi connectivity index (χ4v) is 2.91. The second-order valence-corrected chi connectivity index (χ2v) is 6.98. The number of nitrogens with zero attached hydrogens (tertiary/aromatic N) is 4. The van der Waals surface area contributed by atoms with Crippen LogP contribution in [-0.2, 0) is 20.6 Å². The lowest BCUT2D eigenvalue weighted by atomic mass is 10.1. The van der Waals surface area contributed by atoms with Crippen LogP contribution in [0.5, 0.6) is 0 Å². The van der Waals surface area contributed by atoms with Gasteiger partial charge < -0.3 is 9.88 Å². The number of aryl methyl sites for hydroxylation is 3. The van der Waals surface area contributed by atoms with Gasteiger partial charge in [-0.15, -0.1) is 0 Å². The van der Waals surface area contributed by atoms with E-state index in [0.717, 1.165) is 22.4 Å². The van der Waals surface area contributed by atoms with Crippen LogP contribution in [0.2, 0.25) is 0 Å². The molecule has 0 aliphatic rings. The number of aromatic nitrogens is 4. The van der Waals surface area contributed by atoms with Gasteiger partial charge in [0.1, 0.15) is 5.03 Å². The first-order valence-corrected chi connectivity index (χ1v) is 7.52. The molecular weight excluding hydrogens is 270 g/mol. The molecule has 0 unspecified atom stereocenters. The lowest BCUT2D eigenvalue weighted by Crippen LogP contribution is -2.35. The summed E-state index contributed by atoms with van der Waals surface area (Å²) in [4.78, 5) is 4.38. The Kier molecular flexibility index (Phi) is 4.25. The molecule has 0 saturated carbocycles. The van der Waals surface area contributed by atoms with Crippen molar-refractivity contribution < 1.29 is 0 Å². The van der Waals surface area contributed by atoms with Crippen LogP contribution in [0.15, 0.2) is 22.6 Å². The zero-order valence-corrected chi connectivity index (χ0v) is 13.9. The number of imidazole rings is 1. The van der Waals surface area contributed by atoms with Crippen LogP contribution < -0.4 is 5.32 Å². The summed E-state index contributed by atoms with van der Waals surface area (Å²) in [6, 6.07) is 0. The van der Waals surface area contributed by atoms with Crippen molar-refractivity contribution in [2.45, 2.75) is 50.0 Å². The minimum Gasteiger partial charge on any atom is -0.329 e. The molecule has 0 aliphatic heterocycles. The van der Waals surface area contributed by atoms with Crippen molar-refractivity contribution in [3.63, 3.8) is 0 Å². The molecule has 2 rings (SSSR count). The van der Waals surface area contributed by atoms with Gasteiger partial charge in [-0.2, -0.15) is 5.10 Å². The molecule has 2 heterocycles. The lowest BCUT2D eigenvalue weighted by molar-refractivity contribution is 0.421. The molecule has 0 spiro atoms. The van der Waals surface area contributed by atoms with Gasteiger partial charge in [0.2, 0.25) is 0 Å². The van der Waals surface area contributed by atoms with Crippen molar-refractivity contribution in [3.05, 3.63) is 23.7 Å². The van der Waals surface area contributed by atoms with Crippen molar-refractivity contribution in [2.24, 2.45) is 14.1 Å². The molecule has 5 nitrogen and oxygen atoms in total. The second kappa shape index (κ2) is 5.61. The third kappa shape index (κ3) is 3.43. The first kappa shape index (κ1) is 15.1. The molecule has 1 N–H and O–H groups in total. The highest BCUT2D eigenvalue weighted by atomic mass is 32.2. The first-order chi connectivity index (χ1) is 9.28. The fourth-order valence-electron chi connectivity index (χ4n) is 1.90. The smallest absolute Gasteiger partial charge is 0.174 e. The maximum absolute atomic E-state index is 4.54. The van der Waals surface area contributed by atoms with E-state index in [-0.39, 0.29) is 5.54 Å². The molecule has 0 radical (unpaired) electrons. The highest BCUT2D eigenvalue weighted by Gasteiger charge is 2.18. The largest absolute Gasteiger partial charge is 0.329 e. The van der Waals surface area contributed by atoms with Crippen LogP contribution in [0.25, 0.3) is 0 Å². The fraction of sp³-hybridized carbons (Fsp3) is 0.571. The van der Waals surface area contributed by atoms with E-state index in [2.05, 4.69) is 43.1 Å². The molecule has 0 fully saturated rings. The lowest BCUT2D eigenvalue weighted by Gasteiger charge is -2.20. The molecule has 0 saturated heterocycles. The minimum atomic E-state index is 0.0907. The van der Waals surface area contributed by atoms with E-state index >= 15 is 0 Å². The summed E-state index contributed by atoms with van der Waals surface area (Å²) in [5.74, 6) is 0. The molecular formula is C14H23N5S. The molecule has 0 bridgehead atoms. The summed E-state index contributed by atoms with van der Waals surface area (Å²) >= 11 is 1.66. The van der Waals surface area contributed by atoms with E-state index < -0.39 is 0 Å².